The maximum atomic E-state index is 3.78. The fourth-order valence-corrected chi connectivity index (χ4v) is 12.5. The van der Waals surface area contributed by atoms with E-state index in [4.69, 9.17) is 0 Å². The Morgan fingerprint density at radius 3 is 0.795 bits per heavy atom. The van der Waals surface area contributed by atoms with Gasteiger partial charge < -0.3 is 0 Å². The Bertz CT molecular complexity index is 1460. The summed E-state index contributed by atoms with van der Waals surface area (Å²) in [7, 11) is -1.01. The average Bonchev–Trinajstić information content (AvgIpc) is 3.10. The highest BCUT2D eigenvalue weighted by atomic mass is 31.2. The molecule has 0 aliphatic carbocycles. The highest BCUT2D eigenvalue weighted by Crippen LogP contribution is 2.46. The molecule has 0 fully saturated rings. The van der Waals surface area contributed by atoms with E-state index in [0.29, 0.717) is 17.5 Å². The Labute approximate surface area is 266 Å². The van der Waals surface area contributed by atoms with Gasteiger partial charge in [-0.05, 0) is 31.8 Å². The summed E-state index contributed by atoms with van der Waals surface area (Å²) in [6.07, 6.45) is 0. The molecule has 0 saturated carbocycles. The first-order valence-electron chi connectivity index (χ1n) is 14.4. The van der Waals surface area contributed by atoms with Gasteiger partial charge in [-0.25, -0.2) is 0 Å². The first-order chi connectivity index (χ1) is 21.8. The average molecular weight is 647 g/mol. The molecule has 6 aromatic carbocycles. The zero-order valence-electron chi connectivity index (χ0n) is 24.1. The molecule has 6 aromatic rings. The summed E-state index contributed by atoms with van der Waals surface area (Å²) in [4.78, 5) is 0. The second-order valence-corrected chi connectivity index (χ2v) is 17.1. The Kier molecular flexibility index (Phi) is 11.4. The van der Waals surface area contributed by atoms with E-state index in [1.165, 1.54) is 31.8 Å². The van der Waals surface area contributed by atoms with Crippen molar-refractivity contribution in [1.82, 2.24) is 20.2 Å². The Morgan fingerprint density at radius 2 is 0.545 bits per heavy atom. The van der Waals surface area contributed by atoms with Gasteiger partial charge in [0.1, 0.15) is 0 Å². The molecular weight excluding hydrogens is 612 g/mol. The lowest BCUT2D eigenvalue weighted by Crippen LogP contribution is -2.49. The summed E-state index contributed by atoms with van der Waals surface area (Å²) in [6.45, 7) is 0. The molecule has 218 valence electrons. The SMILES string of the molecule is c1ccc(PN(NNN(Pc2ccccc2)P(c2ccccc2)c2ccccc2)P(c2ccccc2)c2ccccc2)cc1. The molecule has 2 atom stereocenters. The van der Waals surface area contributed by atoms with Crippen molar-refractivity contribution in [3.8, 4) is 0 Å². The zero-order valence-corrected chi connectivity index (χ0v) is 27.9. The molecule has 0 aromatic heterocycles. The molecule has 0 aliphatic rings. The second-order valence-electron chi connectivity index (χ2n) is 9.77. The van der Waals surface area contributed by atoms with E-state index in [-0.39, 0.29) is 0 Å². The van der Waals surface area contributed by atoms with Gasteiger partial charge in [0.15, 0.2) is 0 Å². The third-order valence-corrected chi connectivity index (χ3v) is 14.5. The standard InChI is InChI=1S/C36H34N4P4/c1-7-19-31(20-8-1)41-39(43(33-23-11-3-12-24-33)34-25-13-4-14-26-34)37-38-40(42-32-21-9-2-10-22-32)44(35-27-15-5-16-28-35)36-29-17-6-18-30-36/h1-30,37-38,41-42H. The van der Waals surface area contributed by atoms with Crippen LogP contribution in [-0.2, 0) is 0 Å². The van der Waals surface area contributed by atoms with Crippen LogP contribution in [0.1, 0.15) is 0 Å². The van der Waals surface area contributed by atoms with Crippen LogP contribution in [0.25, 0.3) is 0 Å². The highest BCUT2D eigenvalue weighted by molar-refractivity contribution is 7.77. The van der Waals surface area contributed by atoms with Crippen molar-refractivity contribution in [3.05, 3.63) is 182 Å². The molecule has 8 heteroatoms. The van der Waals surface area contributed by atoms with Crippen molar-refractivity contribution in [2.24, 2.45) is 0 Å². The number of hydrogen-bond donors (Lipinski definition) is 2. The molecule has 0 aliphatic heterocycles. The zero-order chi connectivity index (χ0) is 29.8. The number of nitrogens with one attached hydrogen (secondary N) is 2. The maximum absolute atomic E-state index is 3.78. The van der Waals surface area contributed by atoms with Gasteiger partial charge in [-0.1, -0.05) is 182 Å². The third kappa shape index (κ3) is 8.32. The van der Waals surface area contributed by atoms with Crippen molar-refractivity contribution in [2.45, 2.75) is 0 Å². The molecule has 0 radical (unpaired) electrons. The van der Waals surface area contributed by atoms with Crippen molar-refractivity contribution >= 4 is 65.4 Å². The molecule has 44 heavy (non-hydrogen) atoms. The predicted octanol–water partition coefficient (Wildman–Crippen LogP) is 6.45. The molecule has 0 spiro atoms. The number of nitrogens with zero attached hydrogens (tertiary/aromatic N) is 2. The molecule has 0 bridgehead atoms. The van der Waals surface area contributed by atoms with Gasteiger partial charge in [-0.15, -0.1) is 0 Å². The number of hydrazine groups is 3. The lowest BCUT2D eigenvalue weighted by Gasteiger charge is -2.37. The Hall–Kier alpha value is -3.12. The maximum Gasteiger partial charge on any atom is 0.0494 e. The molecule has 2 unspecified atom stereocenters. The van der Waals surface area contributed by atoms with Crippen LogP contribution in [0.5, 0.6) is 0 Å². The van der Waals surface area contributed by atoms with Gasteiger partial charge in [-0.3, -0.25) is 0 Å². The van der Waals surface area contributed by atoms with Crippen molar-refractivity contribution in [3.63, 3.8) is 0 Å². The van der Waals surface area contributed by atoms with Gasteiger partial charge in [0.2, 0.25) is 0 Å². The van der Waals surface area contributed by atoms with E-state index < -0.39 is 16.1 Å². The van der Waals surface area contributed by atoms with E-state index in [1.54, 1.807) is 0 Å². The Balaban J connectivity index is 1.40. The van der Waals surface area contributed by atoms with Crippen LogP contribution >= 0.6 is 33.6 Å². The van der Waals surface area contributed by atoms with Crippen molar-refractivity contribution in [2.75, 3.05) is 0 Å². The smallest absolute Gasteiger partial charge is 0.0494 e. The quantitative estimate of drug-likeness (QED) is 0.112. The van der Waals surface area contributed by atoms with Crippen molar-refractivity contribution < 1.29 is 0 Å². The van der Waals surface area contributed by atoms with E-state index >= 15 is 0 Å². The van der Waals surface area contributed by atoms with Crippen LogP contribution in [0, 0.1) is 0 Å². The monoisotopic (exact) mass is 646 g/mol. The van der Waals surface area contributed by atoms with E-state index in [0.717, 1.165) is 0 Å². The minimum absolute atomic E-state index is 0.393. The van der Waals surface area contributed by atoms with Crippen LogP contribution < -0.4 is 42.9 Å². The van der Waals surface area contributed by atoms with E-state index in [1.807, 2.05) is 0 Å². The van der Waals surface area contributed by atoms with E-state index in [2.05, 4.69) is 202 Å². The molecule has 2 N–H and O–H groups in total. The summed E-state index contributed by atoms with van der Waals surface area (Å²) < 4.78 is 4.81. The lowest BCUT2D eigenvalue weighted by atomic mass is 10.4. The molecule has 6 rings (SSSR count). The Morgan fingerprint density at radius 1 is 0.318 bits per heavy atom. The lowest BCUT2D eigenvalue weighted by molar-refractivity contribution is 0.329. The van der Waals surface area contributed by atoms with Gasteiger partial charge in [0.05, 0.1) is 0 Å². The van der Waals surface area contributed by atoms with E-state index in [9.17, 15) is 0 Å². The molecule has 0 amide bonds. The van der Waals surface area contributed by atoms with Crippen LogP contribution in [-0.4, -0.2) is 9.10 Å². The third-order valence-electron chi connectivity index (χ3n) is 6.68. The summed E-state index contributed by atoms with van der Waals surface area (Å²) in [5, 5.41) is 7.70. The van der Waals surface area contributed by atoms with Crippen LogP contribution in [0.4, 0.5) is 0 Å². The predicted molar refractivity (Wildman–Crippen MR) is 197 cm³/mol. The summed E-state index contributed by atoms with van der Waals surface area (Å²) in [6, 6.07) is 64.9. The topological polar surface area (TPSA) is 30.5 Å². The van der Waals surface area contributed by atoms with Gasteiger partial charge >= 0.3 is 0 Å². The van der Waals surface area contributed by atoms with Crippen molar-refractivity contribution in [1.29, 1.82) is 0 Å². The number of benzene rings is 6. The van der Waals surface area contributed by atoms with Gasteiger partial charge in [-0.2, -0.15) is 20.2 Å². The number of rotatable bonds is 13. The molecule has 0 heterocycles. The normalized spacial score (nSPS) is 12.0. The fourth-order valence-electron chi connectivity index (χ4n) is 4.66. The van der Waals surface area contributed by atoms with Crippen LogP contribution in [0.15, 0.2) is 182 Å². The highest BCUT2D eigenvalue weighted by Gasteiger charge is 2.27. The minimum atomic E-state index is -0.900. The second kappa shape index (κ2) is 16.3. The number of hydrogen-bond acceptors (Lipinski definition) is 4. The minimum Gasteiger partial charge on any atom is -0.176 e. The molecule has 0 saturated heterocycles. The first kappa shape index (κ1) is 30.9. The van der Waals surface area contributed by atoms with Crippen LogP contribution in [0.3, 0.4) is 0 Å². The molecule has 4 nitrogen and oxygen atoms in total. The summed E-state index contributed by atoms with van der Waals surface area (Å²) >= 11 is 0. The van der Waals surface area contributed by atoms with Gasteiger partial charge in [0.25, 0.3) is 0 Å². The summed E-state index contributed by atoms with van der Waals surface area (Å²) in [5.74, 6) is 0. The first-order valence-corrected chi connectivity index (χ1v) is 18.9. The largest absolute Gasteiger partial charge is 0.176 e. The summed E-state index contributed by atoms with van der Waals surface area (Å²) in [5.41, 5.74) is 7.56. The van der Waals surface area contributed by atoms with Crippen LogP contribution in [0.2, 0.25) is 0 Å². The fraction of sp³-hybridized carbons (Fsp3) is 0. The van der Waals surface area contributed by atoms with Gasteiger partial charge in [0, 0.05) is 33.6 Å². The molecular formula is C36H34N4P4.